The van der Waals surface area contributed by atoms with Gasteiger partial charge >= 0.3 is 0 Å². The number of aryl methyl sites for hydroxylation is 3. The first-order valence-electron chi connectivity index (χ1n) is 29.5. The fraction of sp³-hybridized carbons (Fsp3) is 0.146. The van der Waals surface area contributed by atoms with Crippen LogP contribution in [0, 0.1) is 20.8 Å². The van der Waals surface area contributed by atoms with E-state index in [0.29, 0.717) is 0 Å². The van der Waals surface area contributed by atoms with E-state index in [-0.39, 0.29) is 16.2 Å². The second kappa shape index (κ2) is 17.2. The Labute approximate surface area is 482 Å². The standard InChI is InChI=1S/C82H64/c1-47-29-35-56-59-40-34-55(46-73(59)80(4,5)68(56)41-47)79-65-26-16-14-24-63(65)77(67-28-18-20-49(3)75(67)79)54-33-39-61-58-37-31-52(43-70(58)82(8,9)72(61)45-54)51-30-36-57-60-38-32-53(44-71(60)81(6,7)69(57)42-51)76-62-23-13-15-25-64(62)78(50-21-11-10-12-22-50)74-48(2)19-17-27-66(74)76/h10-46H,1-9H3. The lowest BCUT2D eigenvalue weighted by atomic mass is 9.78. The van der Waals surface area contributed by atoms with Crippen molar-refractivity contribution in [2.24, 2.45) is 0 Å². The van der Waals surface area contributed by atoms with Crippen LogP contribution in [0.3, 0.4) is 0 Å². The van der Waals surface area contributed by atoms with Crippen LogP contribution in [-0.4, -0.2) is 0 Å². The summed E-state index contributed by atoms with van der Waals surface area (Å²) in [6.07, 6.45) is 0. The predicted molar refractivity (Wildman–Crippen MR) is 351 cm³/mol. The molecule has 392 valence electrons. The van der Waals surface area contributed by atoms with Crippen molar-refractivity contribution in [2.45, 2.75) is 78.6 Å². The zero-order valence-corrected chi connectivity index (χ0v) is 48.4. The van der Waals surface area contributed by atoms with E-state index in [2.05, 4.69) is 287 Å². The minimum atomic E-state index is -0.222. The Morgan fingerprint density at radius 2 is 0.512 bits per heavy atom. The van der Waals surface area contributed by atoms with Gasteiger partial charge in [-0.05, 0) is 228 Å². The van der Waals surface area contributed by atoms with Crippen molar-refractivity contribution in [1.29, 1.82) is 0 Å². The molecule has 0 aliphatic heterocycles. The van der Waals surface area contributed by atoms with Crippen molar-refractivity contribution in [3.05, 3.63) is 275 Å². The van der Waals surface area contributed by atoms with E-state index in [1.54, 1.807) is 0 Å². The van der Waals surface area contributed by atoms with Crippen LogP contribution in [0.15, 0.2) is 224 Å². The number of hydrogen-bond donors (Lipinski definition) is 0. The molecule has 0 bridgehead atoms. The molecule has 0 saturated carbocycles. The van der Waals surface area contributed by atoms with E-state index in [0.717, 1.165) is 0 Å². The second-order valence-electron chi connectivity index (χ2n) is 25.7. The molecule has 16 rings (SSSR count). The molecule has 0 heterocycles. The minimum Gasteiger partial charge on any atom is -0.0622 e. The van der Waals surface area contributed by atoms with Gasteiger partial charge in [0.2, 0.25) is 0 Å². The average molecular weight is 1050 g/mol. The first-order chi connectivity index (χ1) is 39.7. The summed E-state index contributed by atoms with van der Waals surface area (Å²) >= 11 is 0. The molecule has 0 atom stereocenters. The smallest absolute Gasteiger partial charge is 0.0159 e. The normalized spacial score (nSPS) is 14.7. The summed E-state index contributed by atoms with van der Waals surface area (Å²) in [5.74, 6) is 0. The predicted octanol–water partition coefficient (Wildman–Crippen LogP) is 22.5. The van der Waals surface area contributed by atoms with Gasteiger partial charge in [-0.2, -0.15) is 0 Å². The molecular formula is C82H64. The number of hydrogen-bond acceptors (Lipinski definition) is 0. The van der Waals surface area contributed by atoms with Crippen molar-refractivity contribution >= 4 is 43.1 Å². The molecule has 0 nitrogen and oxygen atoms in total. The molecule has 13 aromatic carbocycles. The maximum Gasteiger partial charge on any atom is 0.0159 e. The Morgan fingerprint density at radius 1 is 0.220 bits per heavy atom. The Hall–Kier alpha value is -9.10. The third kappa shape index (κ3) is 6.73. The topological polar surface area (TPSA) is 0 Å². The highest BCUT2D eigenvalue weighted by Crippen LogP contribution is 2.57. The fourth-order valence-electron chi connectivity index (χ4n) is 15.8. The van der Waals surface area contributed by atoms with Gasteiger partial charge in [0.25, 0.3) is 0 Å². The van der Waals surface area contributed by atoms with Crippen LogP contribution in [-0.2, 0) is 16.2 Å². The average Bonchev–Trinajstić information content (AvgIpc) is 3.85. The zero-order valence-electron chi connectivity index (χ0n) is 48.4. The summed E-state index contributed by atoms with van der Waals surface area (Å²) in [4.78, 5) is 0. The van der Waals surface area contributed by atoms with Gasteiger partial charge in [-0.1, -0.05) is 241 Å². The lowest BCUT2D eigenvalue weighted by molar-refractivity contribution is 0.660. The summed E-state index contributed by atoms with van der Waals surface area (Å²) in [6, 6.07) is 86.3. The molecule has 0 heteroatoms. The molecule has 0 saturated heterocycles. The van der Waals surface area contributed by atoms with Crippen molar-refractivity contribution in [2.75, 3.05) is 0 Å². The fourth-order valence-corrected chi connectivity index (χ4v) is 15.8. The van der Waals surface area contributed by atoms with Gasteiger partial charge in [0.15, 0.2) is 0 Å². The monoisotopic (exact) mass is 1050 g/mol. The minimum absolute atomic E-state index is 0.0939. The molecule has 0 fully saturated rings. The molecule has 0 unspecified atom stereocenters. The Morgan fingerprint density at radius 3 is 0.915 bits per heavy atom. The van der Waals surface area contributed by atoms with Gasteiger partial charge in [-0.3, -0.25) is 0 Å². The van der Waals surface area contributed by atoms with Crippen LogP contribution in [0.4, 0.5) is 0 Å². The van der Waals surface area contributed by atoms with Crippen LogP contribution in [0.2, 0.25) is 0 Å². The van der Waals surface area contributed by atoms with E-state index < -0.39 is 0 Å². The van der Waals surface area contributed by atoms with Crippen molar-refractivity contribution in [3.63, 3.8) is 0 Å². The van der Waals surface area contributed by atoms with Crippen LogP contribution < -0.4 is 0 Å². The van der Waals surface area contributed by atoms with E-state index in [4.69, 9.17) is 0 Å². The first-order valence-corrected chi connectivity index (χ1v) is 29.5. The molecular weight excluding hydrogens is 985 g/mol. The van der Waals surface area contributed by atoms with E-state index >= 15 is 0 Å². The van der Waals surface area contributed by atoms with Gasteiger partial charge in [-0.25, -0.2) is 0 Å². The molecule has 0 aromatic heterocycles. The molecule has 0 radical (unpaired) electrons. The van der Waals surface area contributed by atoms with Crippen LogP contribution in [0.5, 0.6) is 0 Å². The Balaban J connectivity index is 0.767. The Bertz CT molecular complexity index is 4960. The summed E-state index contributed by atoms with van der Waals surface area (Å²) in [6.45, 7) is 21.3. The highest BCUT2D eigenvalue weighted by atomic mass is 14.4. The van der Waals surface area contributed by atoms with E-state index in [1.807, 2.05) is 0 Å². The second-order valence-corrected chi connectivity index (χ2v) is 25.7. The quantitative estimate of drug-likeness (QED) is 0.151. The third-order valence-corrected chi connectivity index (χ3v) is 20.0. The molecule has 0 spiro atoms. The summed E-state index contributed by atoms with van der Waals surface area (Å²) in [5.41, 5.74) is 32.7. The van der Waals surface area contributed by atoms with E-state index in [9.17, 15) is 0 Å². The first kappa shape index (κ1) is 48.8. The molecule has 13 aromatic rings. The van der Waals surface area contributed by atoms with Gasteiger partial charge in [0.05, 0.1) is 0 Å². The van der Waals surface area contributed by atoms with Crippen LogP contribution >= 0.6 is 0 Å². The largest absolute Gasteiger partial charge is 0.0622 e. The highest BCUT2D eigenvalue weighted by molar-refractivity contribution is 6.24. The lowest BCUT2D eigenvalue weighted by Crippen LogP contribution is -2.15. The van der Waals surface area contributed by atoms with Crippen molar-refractivity contribution in [1.82, 2.24) is 0 Å². The molecule has 3 aliphatic rings. The number of benzene rings is 13. The number of fused-ring (bicyclic) bond motifs is 13. The summed E-state index contributed by atoms with van der Waals surface area (Å²) in [5, 5.41) is 10.4. The zero-order chi connectivity index (χ0) is 55.7. The maximum absolute atomic E-state index is 2.53. The van der Waals surface area contributed by atoms with Gasteiger partial charge in [0.1, 0.15) is 0 Å². The molecule has 0 amide bonds. The molecule has 3 aliphatic carbocycles. The maximum atomic E-state index is 2.53. The van der Waals surface area contributed by atoms with E-state index in [1.165, 1.54) is 182 Å². The number of rotatable bonds is 5. The lowest BCUT2D eigenvalue weighted by Gasteiger charge is -2.25. The van der Waals surface area contributed by atoms with Crippen molar-refractivity contribution in [3.8, 4) is 89.0 Å². The highest BCUT2D eigenvalue weighted by Gasteiger charge is 2.40. The summed E-state index contributed by atoms with van der Waals surface area (Å²) < 4.78 is 0. The van der Waals surface area contributed by atoms with Crippen molar-refractivity contribution < 1.29 is 0 Å². The van der Waals surface area contributed by atoms with Gasteiger partial charge < -0.3 is 0 Å². The van der Waals surface area contributed by atoms with Gasteiger partial charge in [-0.15, -0.1) is 0 Å². The Kier molecular flexibility index (Phi) is 10.2. The van der Waals surface area contributed by atoms with Crippen LogP contribution in [0.25, 0.3) is 132 Å². The molecule has 82 heavy (non-hydrogen) atoms. The summed E-state index contributed by atoms with van der Waals surface area (Å²) in [7, 11) is 0. The van der Waals surface area contributed by atoms with Crippen LogP contribution in [0.1, 0.15) is 91.6 Å². The van der Waals surface area contributed by atoms with Gasteiger partial charge in [0, 0.05) is 16.2 Å². The SMILES string of the molecule is Cc1ccc2c(c1)C(C)(C)c1cc(-c3c4ccccc4c(-c4ccc5c(c4)C(C)(C)c4cc(-c6ccc7c(c6)C(C)(C)c6cc(-c8c9ccccc9c(-c9ccccc9)c9c(C)cccc89)ccc6-7)ccc4-5)c4cccc(C)c34)ccc1-2. The third-order valence-electron chi connectivity index (χ3n) is 20.0. The molecule has 0 N–H and O–H groups in total.